The van der Waals surface area contributed by atoms with E-state index in [0.717, 1.165) is 37.6 Å². The summed E-state index contributed by atoms with van der Waals surface area (Å²) in [6, 6.07) is 9.76. The van der Waals surface area contributed by atoms with Crippen molar-refractivity contribution in [2.75, 3.05) is 7.11 Å². The highest BCUT2D eigenvalue weighted by atomic mass is 19.4. The number of rotatable bonds is 7. The molecule has 37 heavy (non-hydrogen) atoms. The molecule has 3 rings (SSSR count). The smallest absolute Gasteiger partial charge is 0.418 e. The van der Waals surface area contributed by atoms with Crippen molar-refractivity contribution in [3.63, 3.8) is 0 Å². The van der Waals surface area contributed by atoms with E-state index in [0.29, 0.717) is 17.7 Å². The van der Waals surface area contributed by atoms with E-state index in [4.69, 9.17) is 4.74 Å². The van der Waals surface area contributed by atoms with Crippen LogP contribution in [0.1, 0.15) is 34.0 Å². The van der Waals surface area contributed by atoms with Gasteiger partial charge in [-0.25, -0.2) is 9.59 Å². The van der Waals surface area contributed by atoms with E-state index in [-0.39, 0.29) is 12.0 Å². The number of nitrogens with one attached hydrogen (secondary N) is 2. The first-order valence-corrected chi connectivity index (χ1v) is 10.8. The Balaban J connectivity index is 1.95. The molecule has 2 unspecified atom stereocenters. The number of aromatic nitrogens is 1. The minimum atomic E-state index is -4.87. The van der Waals surface area contributed by atoms with Gasteiger partial charge < -0.3 is 15.4 Å². The Morgan fingerprint density at radius 3 is 2.08 bits per heavy atom. The summed E-state index contributed by atoms with van der Waals surface area (Å²) in [5.41, 5.74) is -2.27. The molecule has 0 aliphatic rings. The molecular weight excluding hydrogens is 504 g/mol. The summed E-state index contributed by atoms with van der Waals surface area (Å²) >= 11 is 0. The number of pyridine rings is 1. The average Bonchev–Trinajstić information content (AvgIpc) is 2.86. The number of ether oxygens (including phenoxy) is 1. The molecule has 12 heteroatoms. The third kappa shape index (κ3) is 7.21. The van der Waals surface area contributed by atoms with Gasteiger partial charge in [-0.2, -0.15) is 26.3 Å². The van der Waals surface area contributed by atoms with Crippen molar-refractivity contribution in [2.24, 2.45) is 0 Å². The molecule has 2 N–H and O–H groups in total. The number of carbonyl (C=O) groups is 2. The summed E-state index contributed by atoms with van der Waals surface area (Å²) < 4.78 is 84.9. The van der Waals surface area contributed by atoms with Gasteiger partial charge in [-0.15, -0.1) is 0 Å². The fourth-order valence-corrected chi connectivity index (χ4v) is 3.58. The lowest BCUT2D eigenvalue weighted by Crippen LogP contribution is -2.48. The summed E-state index contributed by atoms with van der Waals surface area (Å²) in [5, 5.41) is 4.68. The Hall–Kier alpha value is -4.09. The topological polar surface area (TPSA) is 80.3 Å². The van der Waals surface area contributed by atoms with Gasteiger partial charge in [0.25, 0.3) is 0 Å². The zero-order valence-corrected chi connectivity index (χ0v) is 19.2. The van der Waals surface area contributed by atoms with Crippen LogP contribution in [-0.2, 0) is 28.3 Å². The minimum absolute atomic E-state index is 0.0171. The van der Waals surface area contributed by atoms with E-state index in [1.807, 2.05) is 0 Å². The predicted octanol–water partition coefficient (Wildman–Crippen LogP) is 5.29. The molecule has 0 saturated heterocycles. The van der Waals surface area contributed by atoms with Crippen molar-refractivity contribution >= 4 is 12.0 Å². The summed E-state index contributed by atoms with van der Waals surface area (Å²) in [4.78, 5) is 28.9. The van der Waals surface area contributed by atoms with E-state index in [1.54, 1.807) is 30.3 Å². The summed E-state index contributed by atoms with van der Waals surface area (Å²) in [5.74, 6) is -0.807. The molecule has 0 fully saturated rings. The van der Waals surface area contributed by atoms with Crippen molar-refractivity contribution in [1.29, 1.82) is 0 Å². The Bertz CT molecular complexity index is 1210. The maximum Gasteiger partial charge on any atom is 0.418 e. The number of hydrogen-bond acceptors (Lipinski definition) is 4. The summed E-state index contributed by atoms with van der Waals surface area (Å²) in [6.45, 7) is 0. The lowest BCUT2D eigenvalue weighted by Gasteiger charge is -2.24. The van der Waals surface area contributed by atoms with E-state index in [2.05, 4.69) is 15.6 Å². The van der Waals surface area contributed by atoms with Crippen LogP contribution in [0.25, 0.3) is 0 Å². The van der Waals surface area contributed by atoms with Crippen molar-refractivity contribution in [3.05, 3.63) is 101 Å². The number of benzene rings is 2. The number of nitrogens with zero attached hydrogens (tertiary/aromatic N) is 1. The van der Waals surface area contributed by atoms with Crippen LogP contribution < -0.4 is 10.6 Å². The van der Waals surface area contributed by atoms with Crippen LogP contribution in [0, 0.1) is 0 Å². The number of urea groups is 1. The lowest BCUT2D eigenvalue weighted by molar-refractivity contribution is -0.143. The van der Waals surface area contributed by atoms with Gasteiger partial charge in [0.15, 0.2) is 0 Å². The average molecular weight is 525 g/mol. The zero-order valence-electron chi connectivity index (χ0n) is 19.2. The Morgan fingerprint density at radius 1 is 0.865 bits per heavy atom. The molecular formula is C25H21F6N3O3. The normalized spacial score (nSPS) is 13.4. The highest BCUT2D eigenvalue weighted by molar-refractivity contribution is 5.84. The van der Waals surface area contributed by atoms with E-state index >= 15 is 0 Å². The summed E-state index contributed by atoms with van der Waals surface area (Å²) in [7, 11) is 1.11. The number of alkyl halides is 6. The van der Waals surface area contributed by atoms with E-state index < -0.39 is 53.3 Å². The predicted molar refractivity (Wildman–Crippen MR) is 120 cm³/mol. The molecule has 2 aromatic carbocycles. The molecule has 0 aliphatic carbocycles. The highest BCUT2D eigenvalue weighted by Crippen LogP contribution is 2.36. The minimum Gasteiger partial charge on any atom is -0.467 e. The van der Waals surface area contributed by atoms with Gasteiger partial charge in [-0.05, 0) is 35.4 Å². The van der Waals surface area contributed by atoms with Crippen molar-refractivity contribution < 1.29 is 40.7 Å². The third-order valence-corrected chi connectivity index (χ3v) is 5.34. The van der Waals surface area contributed by atoms with E-state index in [1.165, 1.54) is 0 Å². The summed E-state index contributed by atoms with van der Waals surface area (Å²) in [6.07, 6.45) is -8.46. The first-order valence-electron chi connectivity index (χ1n) is 10.8. The maximum atomic E-state index is 13.7. The fourth-order valence-electron chi connectivity index (χ4n) is 3.58. The first kappa shape index (κ1) is 27.5. The third-order valence-electron chi connectivity index (χ3n) is 5.34. The van der Waals surface area contributed by atoms with Gasteiger partial charge in [0.2, 0.25) is 0 Å². The van der Waals surface area contributed by atoms with Crippen LogP contribution in [-0.4, -0.2) is 30.1 Å². The molecule has 6 nitrogen and oxygen atoms in total. The molecule has 0 saturated carbocycles. The second kappa shape index (κ2) is 11.3. The van der Waals surface area contributed by atoms with Crippen molar-refractivity contribution in [1.82, 2.24) is 15.6 Å². The van der Waals surface area contributed by atoms with Gasteiger partial charge in [-0.3, -0.25) is 4.98 Å². The van der Waals surface area contributed by atoms with Crippen molar-refractivity contribution in [2.45, 2.75) is 30.9 Å². The highest BCUT2D eigenvalue weighted by Gasteiger charge is 2.38. The molecule has 0 spiro atoms. The molecule has 2 amide bonds. The standard InChI is InChI=1S/C25H21F6N3O3/c1-37-22(35)19(14-15-6-3-2-4-7-15)33-23(36)34-20(16-9-11-17(12-10-16)24(26,27)28)21-18(25(29,30)31)8-5-13-32-21/h2-13,19-20H,14H2,1H3,(H2,33,34,36). The number of amides is 2. The van der Waals surface area contributed by atoms with Crippen LogP contribution in [0.3, 0.4) is 0 Å². The van der Waals surface area contributed by atoms with Gasteiger partial charge in [0.1, 0.15) is 6.04 Å². The molecule has 3 aromatic rings. The Morgan fingerprint density at radius 2 is 1.51 bits per heavy atom. The number of methoxy groups -OCH3 is 1. The largest absolute Gasteiger partial charge is 0.467 e. The second-order valence-corrected chi connectivity index (χ2v) is 7.87. The van der Waals surface area contributed by atoms with Crippen LogP contribution >= 0.6 is 0 Å². The monoisotopic (exact) mass is 525 g/mol. The fraction of sp³-hybridized carbons (Fsp3) is 0.240. The Labute approximate surface area is 207 Å². The van der Waals surface area contributed by atoms with Crippen LogP contribution in [0.4, 0.5) is 31.1 Å². The quantitative estimate of drug-likeness (QED) is 0.325. The number of halogens is 6. The molecule has 1 heterocycles. The van der Waals surface area contributed by atoms with Gasteiger partial charge in [-0.1, -0.05) is 42.5 Å². The lowest BCUT2D eigenvalue weighted by atomic mass is 9.98. The zero-order chi connectivity index (χ0) is 27.2. The molecule has 196 valence electrons. The van der Waals surface area contributed by atoms with E-state index in [9.17, 15) is 35.9 Å². The second-order valence-electron chi connectivity index (χ2n) is 7.87. The molecule has 0 aliphatic heterocycles. The van der Waals surface area contributed by atoms with Gasteiger partial charge in [0.05, 0.1) is 30.0 Å². The van der Waals surface area contributed by atoms with Crippen LogP contribution in [0.2, 0.25) is 0 Å². The number of esters is 1. The molecule has 2 atom stereocenters. The van der Waals surface area contributed by atoms with Crippen LogP contribution in [0.5, 0.6) is 0 Å². The molecule has 1 aromatic heterocycles. The Kier molecular flexibility index (Phi) is 8.41. The van der Waals surface area contributed by atoms with Crippen molar-refractivity contribution in [3.8, 4) is 0 Å². The van der Waals surface area contributed by atoms with Crippen LogP contribution in [0.15, 0.2) is 72.9 Å². The maximum absolute atomic E-state index is 13.7. The number of carbonyl (C=O) groups excluding carboxylic acids is 2. The SMILES string of the molecule is COC(=O)C(Cc1ccccc1)NC(=O)NC(c1ccc(C(F)(F)F)cc1)c1ncccc1C(F)(F)F. The molecule has 0 radical (unpaired) electrons. The number of hydrogen-bond donors (Lipinski definition) is 2. The van der Waals surface area contributed by atoms with Gasteiger partial charge in [0, 0.05) is 12.6 Å². The first-order chi connectivity index (χ1) is 17.4. The van der Waals surface area contributed by atoms with Gasteiger partial charge >= 0.3 is 24.4 Å². The molecule has 0 bridgehead atoms.